The summed E-state index contributed by atoms with van der Waals surface area (Å²) in [6, 6.07) is 14.0. The van der Waals surface area contributed by atoms with E-state index in [1.165, 1.54) is 18.2 Å². The van der Waals surface area contributed by atoms with Gasteiger partial charge >= 0.3 is 0 Å². The van der Waals surface area contributed by atoms with E-state index in [-0.39, 0.29) is 23.3 Å². The number of imidazole rings is 1. The second kappa shape index (κ2) is 8.10. The molecule has 0 aliphatic carbocycles. The molecule has 2 aromatic carbocycles. The first-order valence-electron chi connectivity index (χ1n) is 8.50. The van der Waals surface area contributed by atoms with Crippen LogP contribution in [-0.2, 0) is 11.2 Å². The highest BCUT2D eigenvalue weighted by Crippen LogP contribution is 2.21. The van der Waals surface area contributed by atoms with Crippen molar-refractivity contribution in [2.75, 3.05) is 11.1 Å². The lowest BCUT2D eigenvalue weighted by Crippen LogP contribution is -2.14. The molecule has 0 fully saturated rings. The van der Waals surface area contributed by atoms with Gasteiger partial charge in [0.2, 0.25) is 17.7 Å². The SMILES string of the molecule is O=C(CSc1nnc(Cc2ccccc2)o1)Nc1nc2ccc([N+](=O)[O-])cc2[nH]1. The summed E-state index contributed by atoms with van der Waals surface area (Å²) in [5.41, 5.74) is 1.97. The molecule has 146 valence electrons. The molecule has 2 heterocycles. The summed E-state index contributed by atoms with van der Waals surface area (Å²) in [5.74, 6) is 0.398. The fourth-order valence-corrected chi connectivity index (χ4v) is 3.18. The Hall–Kier alpha value is -3.73. The van der Waals surface area contributed by atoms with Crippen LogP contribution in [0.2, 0.25) is 0 Å². The summed E-state index contributed by atoms with van der Waals surface area (Å²) in [7, 11) is 0. The van der Waals surface area contributed by atoms with Crippen LogP contribution >= 0.6 is 11.8 Å². The van der Waals surface area contributed by atoms with Crippen molar-refractivity contribution in [3.63, 3.8) is 0 Å². The van der Waals surface area contributed by atoms with Gasteiger partial charge in [0.1, 0.15) is 0 Å². The van der Waals surface area contributed by atoms with Gasteiger partial charge in [0.25, 0.3) is 10.9 Å². The highest BCUT2D eigenvalue weighted by Gasteiger charge is 2.13. The smallest absolute Gasteiger partial charge is 0.277 e. The van der Waals surface area contributed by atoms with Crippen LogP contribution in [0.3, 0.4) is 0 Å². The van der Waals surface area contributed by atoms with E-state index >= 15 is 0 Å². The Labute approximate surface area is 167 Å². The first kappa shape index (κ1) is 18.6. The molecule has 10 nitrogen and oxygen atoms in total. The van der Waals surface area contributed by atoms with Crippen LogP contribution in [0, 0.1) is 10.1 Å². The number of nitrogens with one attached hydrogen (secondary N) is 2. The number of thioether (sulfide) groups is 1. The summed E-state index contributed by atoms with van der Waals surface area (Å²) >= 11 is 1.11. The third-order valence-electron chi connectivity index (χ3n) is 3.91. The molecule has 0 spiro atoms. The molecule has 0 atom stereocenters. The molecule has 11 heteroatoms. The van der Waals surface area contributed by atoms with Gasteiger partial charge in [-0.2, -0.15) is 0 Å². The zero-order chi connectivity index (χ0) is 20.2. The van der Waals surface area contributed by atoms with Gasteiger partial charge in [0.05, 0.1) is 28.1 Å². The van der Waals surface area contributed by atoms with Crippen LogP contribution in [0.4, 0.5) is 11.6 Å². The van der Waals surface area contributed by atoms with Gasteiger partial charge in [-0.3, -0.25) is 20.2 Å². The molecule has 0 saturated heterocycles. The summed E-state index contributed by atoms with van der Waals surface area (Å²) in [4.78, 5) is 29.5. The van der Waals surface area contributed by atoms with E-state index in [4.69, 9.17) is 4.42 Å². The molecular formula is C18H14N6O4S. The number of nitro groups is 1. The molecule has 0 bridgehead atoms. The van der Waals surface area contributed by atoms with Crippen molar-refractivity contribution in [2.24, 2.45) is 0 Å². The molecule has 0 radical (unpaired) electrons. The second-order valence-corrected chi connectivity index (χ2v) is 6.93. The number of nitrogens with zero attached hydrogens (tertiary/aromatic N) is 4. The summed E-state index contributed by atoms with van der Waals surface area (Å²) in [5, 5.41) is 21.7. The maximum atomic E-state index is 12.1. The first-order valence-corrected chi connectivity index (χ1v) is 9.48. The monoisotopic (exact) mass is 410 g/mol. The minimum atomic E-state index is -0.494. The molecule has 1 amide bonds. The number of rotatable bonds is 7. The van der Waals surface area contributed by atoms with Crippen molar-refractivity contribution in [1.82, 2.24) is 20.2 Å². The van der Waals surface area contributed by atoms with Gasteiger partial charge in [-0.25, -0.2) is 4.98 Å². The lowest BCUT2D eigenvalue weighted by Gasteiger charge is -1.99. The second-order valence-electron chi connectivity index (χ2n) is 6.00. The lowest BCUT2D eigenvalue weighted by molar-refractivity contribution is -0.384. The first-order chi connectivity index (χ1) is 14.1. The lowest BCUT2D eigenvalue weighted by atomic mass is 10.2. The van der Waals surface area contributed by atoms with Crippen molar-refractivity contribution in [2.45, 2.75) is 11.6 Å². The average Bonchev–Trinajstić information content (AvgIpc) is 3.32. The Bertz CT molecular complexity index is 1170. The fourth-order valence-electron chi connectivity index (χ4n) is 2.60. The number of anilines is 1. The molecule has 0 unspecified atom stereocenters. The van der Waals surface area contributed by atoms with E-state index in [0.29, 0.717) is 28.6 Å². The van der Waals surface area contributed by atoms with Gasteiger partial charge in [-0.1, -0.05) is 42.1 Å². The summed E-state index contributed by atoms with van der Waals surface area (Å²) in [6.07, 6.45) is 0.520. The number of carbonyl (C=O) groups is 1. The number of aromatic amines is 1. The number of hydrogen-bond donors (Lipinski definition) is 2. The van der Waals surface area contributed by atoms with E-state index in [0.717, 1.165) is 17.3 Å². The third-order valence-corrected chi connectivity index (χ3v) is 4.73. The molecule has 0 saturated carbocycles. The number of hydrogen-bond acceptors (Lipinski definition) is 8. The van der Waals surface area contributed by atoms with Crippen molar-refractivity contribution in [3.8, 4) is 0 Å². The Kier molecular flexibility index (Phi) is 5.20. The summed E-state index contributed by atoms with van der Waals surface area (Å²) in [6.45, 7) is 0. The number of carbonyl (C=O) groups excluding carboxylic acids is 1. The molecule has 0 aliphatic rings. The quantitative estimate of drug-likeness (QED) is 0.269. The number of amides is 1. The predicted octanol–water partition coefficient (Wildman–Crippen LogP) is 3.18. The zero-order valence-electron chi connectivity index (χ0n) is 14.9. The van der Waals surface area contributed by atoms with Gasteiger partial charge in [-0.15, -0.1) is 10.2 Å². The molecule has 2 aromatic heterocycles. The van der Waals surface area contributed by atoms with E-state index in [2.05, 4.69) is 25.5 Å². The van der Waals surface area contributed by atoms with Crippen LogP contribution in [0.15, 0.2) is 58.2 Å². The highest BCUT2D eigenvalue weighted by atomic mass is 32.2. The highest BCUT2D eigenvalue weighted by molar-refractivity contribution is 7.99. The maximum Gasteiger partial charge on any atom is 0.277 e. The molecule has 4 aromatic rings. The number of non-ortho nitro benzene ring substituents is 1. The van der Waals surface area contributed by atoms with Gasteiger partial charge in [0, 0.05) is 12.1 Å². The number of benzene rings is 2. The summed E-state index contributed by atoms with van der Waals surface area (Å²) < 4.78 is 5.55. The van der Waals surface area contributed by atoms with Crippen molar-refractivity contribution < 1.29 is 14.1 Å². The van der Waals surface area contributed by atoms with Crippen LogP contribution in [0.25, 0.3) is 11.0 Å². The number of nitro benzene ring substituents is 1. The van der Waals surface area contributed by atoms with E-state index in [9.17, 15) is 14.9 Å². The van der Waals surface area contributed by atoms with Crippen molar-refractivity contribution in [3.05, 3.63) is 70.1 Å². The van der Waals surface area contributed by atoms with Gasteiger partial charge in [0.15, 0.2) is 0 Å². The minimum Gasteiger partial charge on any atom is -0.416 e. The molecule has 4 rings (SSSR count). The molecular weight excluding hydrogens is 396 g/mol. The molecule has 0 aliphatic heterocycles. The normalized spacial score (nSPS) is 10.9. The average molecular weight is 410 g/mol. The van der Waals surface area contributed by atoms with E-state index in [1.807, 2.05) is 30.3 Å². The fraction of sp³-hybridized carbons (Fsp3) is 0.111. The Morgan fingerprint density at radius 1 is 1.21 bits per heavy atom. The van der Waals surface area contributed by atoms with Gasteiger partial charge < -0.3 is 9.40 Å². The van der Waals surface area contributed by atoms with Crippen molar-refractivity contribution >= 4 is 40.3 Å². The Balaban J connectivity index is 1.33. The van der Waals surface area contributed by atoms with Crippen LogP contribution < -0.4 is 5.32 Å². The van der Waals surface area contributed by atoms with Crippen molar-refractivity contribution in [1.29, 1.82) is 0 Å². The zero-order valence-corrected chi connectivity index (χ0v) is 15.7. The number of H-pyrrole nitrogens is 1. The standard InChI is InChI=1S/C18H14N6O4S/c25-15(21-17-19-13-7-6-12(24(26)27)9-14(13)20-17)10-29-18-23-22-16(28-18)8-11-4-2-1-3-5-11/h1-7,9H,8,10H2,(H2,19,20,21,25). The number of fused-ring (bicyclic) bond motifs is 1. The predicted molar refractivity (Wildman–Crippen MR) is 106 cm³/mol. The van der Waals surface area contributed by atoms with Crippen LogP contribution in [-0.4, -0.2) is 36.7 Å². The van der Waals surface area contributed by atoms with Crippen LogP contribution in [0.5, 0.6) is 0 Å². The largest absolute Gasteiger partial charge is 0.416 e. The molecule has 2 N–H and O–H groups in total. The third kappa shape index (κ3) is 4.58. The molecule has 29 heavy (non-hydrogen) atoms. The Morgan fingerprint density at radius 3 is 2.83 bits per heavy atom. The van der Waals surface area contributed by atoms with Gasteiger partial charge in [-0.05, 0) is 11.6 Å². The van der Waals surface area contributed by atoms with E-state index < -0.39 is 4.92 Å². The van der Waals surface area contributed by atoms with E-state index in [1.54, 1.807) is 0 Å². The minimum absolute atomic E-state index is 0.0458. The Morgan fingerprint density at radius 2 is 2.03 bits per heavy atom. The number of aromatic nitrogens is 4. The van der Waals surface area contributed by atoms with Crippen LogP contribution in [0.1, 0.15) is 11.5 Å². The maximum absolute atomic E-state index is 12.1. The topological polar surface area (TPSA) is 140 Å².